The summed E-state index contributed by atoms with van der Waals surface area (Å²) in [6.45, 7) is 15.2. The summed E-state index contributed by atoms with van der Waals surface area (Å²) in [7, 11) is 0. The van der Waals surface area contributed by atoms with Crippen LogP contribution in [0.3, 0.4) is 0 Å². The zero-order valence-electron chi connectivity index (χ0n) is 39.1. The van der Waals surface area contributed by atoms with Crippen molar-refractivity contribution in [3.63, 3.8) is 0 Å². The Hall–Kier alpha value is -4.05. The van der Waals surface area contributed by atoms with Crippen LogP contribution >= 0.6 is 22.9 Å². The number of benzene rings is 5. The van der Waals surface area contributed by atoms with E-state index in [4.69, 9.17) is 19.8 Å². The lowest BCUT2D eigenvalue weighted by Crippen LogP contribution is -2.32. The second-order valence-electron chi connectivity index (χ2n) is 17.5. The van der Waals surface area contributed by atoms with Gasteiger partial charge in [0.25, 0.3) is 0 Å². The van der Waals surface area contributed by atoms with Crippen molar-refractivity contribution in [1.82, 2.24) is 0 Å². The third-order valence-electron chi connectivity index (χ3n) is 11.2. The zero-order chi connectivity index (χ0) is 43.7. The average Bonchev–Trinajstić information content (AvgIpc) is 3.57. The number of hydrogen-bond donors (Lipinski definition) is 0. The normalized spacial score (nSPS) is 18.3. The van der Waals surface area contributed by atoms with Crippen LogP contribution in [0, 0.1) is 0 Å². The molecule has 0 aliphatic heterocycles. The van der Waals surface area contributed by atoms with Crippen molar-refractivity contribution < 1.29 is 8.22 Å². The molecule has 2 unspecified atom stereocenters. The van der Waals surface area contributed by atoms with Crippen LogP contribution in [-0.2, 0) is 16.2 Å². The molecule has 0 amide bonds. The minimum absolute atomic E-state index is 0.0290. The molecule has 54 heavy (non-hydrogen) atoms. The van der Waals surface area contributed by atoms with Crippen LogP contribution in [0.25, 0.3) is 10.1 Å². The second-order valence-corrected chi connectivity index (χ2v) is 19.0. The van der Waals surface area contributed by atoms with E-state index >= 15 is 0 Å². The summed E-state index contributed by atoms with van der Waals surface area (Å²) in [5, 5.41) is 1.83. The predicted molar refractivity (Wildman–Crippen MR) is 238 cm³/mol. The molecule has 0 N–H and O–H groups in total. The highest BCUT2D eigenvalue weighted by Gasteiger charge is 2.40. The summed E-state index contributed by atoms with van der Waals surface area (Å²) >= 11 is 9.09. The molecule has 2 atom stereocenters. The van der Waals surface area contributed by atoms with Crippen molar-refractivity contribution in [2.75, 3.05) is 9.80 Å². The van der Waals surface area contributed by atoms with Gasteiger partial charge in [-0.05, 0) is 135 Å². The zero-order valence-corrected chi connectivity index (χ0v) is 34.7. The molecule has 1 aliphatic rings. The van der Waals surface area contributed by atoms with Crippen molar-refractivity contribution in [2.45, 2.75) is 117 Å². The lowest BCUT2D eigenvalue weighted by atomic mass is 9.66. The van der Waals surface area contributed by atoms with Crippen molar-refractivity contribution in [1.29, 1.82) is 0 Å². The first-order valence-corrected chi connectivity index (χ1v) is 20.3. The molecule has 280 valence electrons. The van der Waals surface area contributed by atoms with E-state index in [0.29, 0.717) is 16.1 Å². The minimum Gasteiger partial charge on any atom is -0.310 e. The van der Waals surface area contributed by atoms with Crippen LogP contribution in [0.5, 0.6) is 0 Å². The smallest absolute Gasteiger partial charge is 0.0497 e. The number of rotatable bonds is 8. The number of thiophene rings is 1. The molecule has 6 aromatic rings. The fourth-order valence-corrected chi connectivity index (χ4v) is 9.69. The van der Waals surface area contributed by atoms with Gasteiger partial charge in [-0.2, -0.15) is 0 Å². The first-order chi connectivity index (χ1) is 27.8. The summed E-state index contributed by atoms with van der Waals surface area (Å²) < 4.78 is 50.5. The number of halogens is 1. The molecule has 1 aliphatic carbocycles. The number of fused-ring (bicyclic) bond motifs is 3. The standard InChI is InChI=1S/C50H57ClN2S/c1-32(2)34-14-12-16-39(26-34)53(40-17-13-15-35(27-40)33(3)4)43-29-37(51)28-42(30-43)52(38-20-18-36(19-21-38)48(5,6)7)41-22-23-44-45(31-41)54-47-46(44)49(8,9)24-25-50(47,10)11/h12-23,26-33H,24-25H2,1-11H3/i1D3,3D3. The molecular formula is C50H57ClN2S. The Labute approximate surface area is 342 Å². The van der Waals surface area contributed by atoms with Gasteiger partial charge in [0.1, 0.15) is 0 Å². The van der Waals surface area contributed by atoms with Gasteiger partial charge in [-0.1, -0.05) is 130 Å². The van der Waals surface area contributed by atoms with Crippen molar-refractivity contribution in [3.8, 4) is 0 Å². The van der Waals surface area contributed by atoms with E-state index in [9.17, 15) is 0 Å². The van der Waals surface area contributed by atoms with Crippen LogP contribution in [0.2, 0.25) is 5.02 Å². The van der Waals surface area contributed by atoms with E-state index in [1.807, 2.05) is 76.9 Å². The molecule has 5 aromatic carbocycles. The Bertz CT molecular complexity index is 2460. The van der Waals surface area contributed by atoms with Gasteiger partial charge in [-0.3, -0.25) is 0 Å². The molecule has 0 saturated carbocycles. The fraction of sp³-hybridized carbons (Fsp3) is 0.360. The van der Waals surface area contributed by atoms with Gasteiger partial charge in [0.15, 0.2) is 0 Å². The van der Waals surface area contributed by atoms with Gasteiger partial charge in [0.05, 0.1) is 0 Å². The maximum atomic E-state index is 8.20. The SMILES string of the molecule is [2H]C([2H])([2H])C(C)c1cccc(N(c2cccc(C(C)C([2H])([2H])[2H])c2)c2cc(Cl)cc(N(c3ccc(C(C)(C)C)cc3)c3ccc4c5c(sc4c3)C(C)(C)CCC5(C)C)c2)c1. The molecule has 7 rings (SSSR count). The first kappa shape index (κ1) is 31.2. The minimum atomic E-state index is -2.20. The maximum Gasteiger partial charge on any atom is 0.0497 e. The van der Waals surface area contributed by atoms with E-state index in [1.165, 1.54) is 26.1 Å². The molecule has 0 fully saturated rings. The van der Waals surface area contributed by atoms with E-state index in [1.54, 1.807) is 13.8 Å². The Morgan fingerprint density at radius 1 is 0.630 bits per heavy atom. The first-order valence-electron chi connectivity index (χ1n) is 22.1. The molecule has 1 heterocycles. The van der Waals surface area contributed by atoms with Crippen molar-refractivity contribution in [3.05, 3.63) is 141 Å². The van der Waals surface area contributed by atoms with Crippen molar-refractivity contribution in [2.24, 2.45) is 0 Å². The molecule has 0 bridgehead atoms. The second kappa shape index (κ2) is 14.2. The highest BCUT2D eigenvalue weighted by atomic mass is 35.5. The van der Waals surface area contributed by atoms with Gasteiger partial charge in [0.2, 0.25) is 0 Å². The summed E-state index contributed by atoms with van der Waals surface area (Å²) in [6, 6.07) is 36.8. The maximum absolute atomic E-state index is 8.20. The Morgan fingerprint density at radius 2 is 1.15 bits per heavy atom. The largest absolute Gasteiger partial charge is 0.310 e. The van der Waals surface area contributed by atoms with Crippen LogP contribution in [-0.4, -0.2) is 0 Å². The Morgan fingerprint density at radius 3 is 1.70 bits per heavy atom. The lowest BCUT2D eigenvalue weighted by molar-refractivity contribution is 0.341. The number of nitrogens with zero attached hydrogens (tertiary/aromatic N) is 2. The van der Waals surface area contributed by atoms with Crippen LogP contribution in [0.15, 0.2) is 109 Å². The van der Waals surface area contributed by atoms with E-state index in [-0.39, 0.29) is 16.2 Å². The Kier molecular flexibility index (Phi) is 8.21. The van der Waals surface area contributed by atoms with Gasteiger partial charge < -0.3 is 9.80 Å². The Balaban J connectivity index is 1.45. The fourth-order valence-electron chi connectivity index (χ4n) is 7.92. The summed E-state index contributed by atoms with van der Waals surface area (Å²) in [5.74, 6) is -1.42. The highest BCUT2D eigenvalue weighted by molar-refractivity contribution is 7.19. The van der Waals surface area contributed by atoms with Gasteiger partial charge >= 0.3 is 0 Å². The molecule has 0 spiro atoms. The molecule has 1 aromatic heterocycles. The average molecular weight is 760 g/mol. The third kappa shape index (κ3) is 7.35. The summed E-state index contributed by atoms with van der Waals surface area (Å²) in [6.07, 6.45) is 2.29. The molecular weight excluding hydrogens is 696 g/mol. The number of anilines is 6. The summed E-state index contributed by atoms with van der Waals surface area (Å²) in [5.41, 5.74) is 9.20. The van der Waals surface area contributed by atoms with Gasteiger partial charge in [0, 0.05) is 56.9 Å². The molecule has 4 heteroatoms. The van der Waals surface area contributed by atoms with Gasteiger partial charge in [-0.15, -0.1) is 11.3 Å². The van der Waals surface area contributed by atoms with Crippen LogP contribution in [0.4, 0.5) is 34.1 Å². The topological polar surface area (TPSA) is 6.48 Å². The molecule has 2 nitrogen and oxygen atoms in total. The lowest BCUT2D eigenvalue weighted by Gasteiger charge is -2.39. The van der Waals surface area contributed by atoms with Crippen LogP contribution in [0.1, 0.15) is 136 Å². The monoisotopic (exact) mass is 758 g/mol. The summed E-state index contributed by atoms with van der Waals surface area (Å²) in [4.78, 5) is 5.77. The van der Waals surface area contributed by atoms with E-state index in [2.05, 4.69) is 102 Å². The van der Waals surface area contributed by atoms with Gasteiger partial charge in [-0.25, -0.2) is 0 Å². The van der Waals surface area contributed by atoms with Crippen molar-refractivity contribution >= 4 is 67.1 Å². The van der Waals surface area contributed by atoms with E-state index in [0.717, 1.165) is 47.0 Å². The van der Waals surface area contributed by atoms with Crippen LogP contribution < -0.4 is 9.80 Å². The van der Waals surface area contributed by atoms with E-state index < -0.39 is 25.5 Å². The molecule has 0 saturated heterocycles. The number of hydrogen-bond acceptors (Lipinski definition) is 3. The molecule has 0 radical (unpaired) electrons. The third-order valence-corrected chi connectivity index (χ3v) is 13.0. The highest BCUT2D eigenvalue weighted by Crippen LogP contribution is 2.53. The predicted octanol–water partition coefficient (Wildman–Crippen LogP) is 16.4. The quantitative estimate of drug-likeness (QED) is 0.152.